The van der Waals surface area contributed by atoms with E-state index >= 15 is 0 Å². The first-order valence-corrected chi connectivity index (χ1v) is 15.5. The molecule has 8 nitrogen and oxygen atoms in total. The van der Waals surface area contributed by atoms with Gasteiger partial charge >= 0.3 is 11.9 Å². The monoisotopic (exact) mass is 638 g/mol. The van der Waals surface area contributed by atoms with Crippen molar-refractivity contribution in [1.82, 2.24) is 4.90 Å². The van der Waals surface area contributed by atoms with E-state index in [1.165, 1.54) is 18.2 Å². The Morgan fingerprint density at radius 2 is 1.33 bits per heavy atom. The van der Waals surface area contributed by atoms with E-state index in [1.54, 1.807) is 13.0 Å². The molecule has 0 fully saturated rings. The van der Waals surface area contributed by atoms with Gasteiger partial charge in [0.1, 0.15) is 0 Å². The van der Waals surface area contributed by atoms with Crippen molar-refractivity contribution in [3.05, 3.63) is 168 Å². The van der Waals surface area contributed by atoms with Crippen molar-refractivity contribution in [2.75, 3.05) is 11.9 Å². The van der Waals surface area contributed by atoms with E-state index < -0.39 is 11.9 Å². The van der Waals surface area contributed by atoms with Gasteiger partial charge in [0.25, 0.3) is 0 Å². The van der Waals surface area contributed by atoms with Gasteiger partial charge in [0.2, 0.25) is 0 Å². The minimum absolute atomic E-state index is 0.0335. The molecule has 8 heteroatoms. The second-order valence-electron chi connectivity index (χ2n) is 11.4. The maximum absolute atomic E-state index is 12.1. The SMILES string of the molecule is C\C=C(/C=C(N)/C(N)=C/C(=C\CC1C=C(c2ccc3cc(N(c4ccccc4)c4ccccc4)ccc3c2)C=CN1C)C(=O)O)C(=O)O. The van der Waals surface area contributed by atoms with Gasteiger partial charge in [0.05, 0.1) is 28.6 Å². The van der Waals surface area contributed by atoms with Crippen LogP contribution in [-0.2, 0) is 9.59 Å². The number of hydrogen-bond donors (Lipinski definition) is 4. The summed E-state index contributed by atoms with van der Waals surface area (Å²) in [5.74, 6) is -2.33. The predicted molar refractivity (Wildman–Crippen MR) is 194 cm³/mol. The number of anilines is 3. The van der Waals surface area contributed by atoms with E-state index in [9.17, 15) is 19.8 Å². The third kappa shape index (κ3) is 7.74. The van der Waals surface area contributed by atoms with Crippen LogP contribution in [0.1, 0.15) is 18.9 Å². The molecular weight excluding hydrogens is 600 g/mol. The molecule has 5 rings (SSSR count). The van der Waals surface area contributed by atoms with E-state index in [0.29, 0.717) is 6.42 Å². The minimum atomic E-state index is -1.17. The van der Waals surface area contributed by atoms with Crippen molar-refractivity contribution >= 4 is 45.3 Å². The molecule has 0 aromatic heterocycles. The third-order valence-electron chi connectivity index (χ3n) is 8.17. The van der Waals surface area contributed by atoms with E-state index in [4.69, 9.17) is 11.5 Å². The molecule has 1 aliphatic heterocycles. The van der Waals surface area contributed by atoms with Crippen LogP contribution in [-0.4, -0.2) is 40.1 Å². The van der Waals surface area contributed by atoms with Crippen molar-refractivity contribution in [1.29, 1.82) is 0 Å². The maximum Gasteiger partial charge on any atom is 0.335 e. The van der Waals surface area contributed by atoms with Gasteiger partial charge in [-0.25, -0.2) is 9.59 Å². The molecule has 4 aromatic carbocycles. The summed E-state index contributed by atoms with van der Waals surface area (Å²) in [6.07, 6.45) is 12.0. The highest BCUT2D eigenvalue weighted by atomic mass is 16.4. The molecule has 0 amide bonds. The van der Waals surface area contributed by atoms with Gasteiger partial charge in [0.15, 0.2) is 0 Å². The number of benzene rings is 4. The Morgan fingerprint density at radius 1 is 0.771 bits per heavy atom. The number of nitrogens with zero attached hydrogens (tertiary/aromatic N) is 2. The maximum atomic E-state index is 12.1. The number of nitrogens with two attached hydrogens (primary N) is 2. The summed E-state index contributed by atoms with van der Waals surface area (Å²) in [7, 11) is 1.94. The Hall–Kier alpha value is -6.28. The Morgan fingerprint density at radius 3 is 1.92 bits per heavy atom. The fraction of sp³-hybridized carbons (Fsp3) is 0.100. The van der Waals surface area contributed by atoms with Gasteiger partial charge in [-0.2, -0.15) is 0 Å². The average Bonchev–Trinajstić information content (AvgIpc) is 3.10. The number of hydrogen-bond acceptors (Lipinski definition) is 6. The molecule has 0 aliphatic carbocycles. The summed E-state index contributed by atoms with van der Waals surface area (Å²) >= 11 is 0. The van der Waals surface area contributed by atoms with E-state index in [-0.39, 0.29) is 28.6 Å². The Labute approximate surface area is 280 Å². The Kier molecular flexibility index (Phi) is 10.3. The van der Waals surface area contributed by atoms with Crippen LogP contribution in [0.5, 0.6) is 0 Å². The number of rotatable bonds is 11. The number of aliphatic carboxylic acids is 2. The average molecular weight is 639 g/mol. The molecule has 1 aliphatic rings. The standard InChI is InChI=1S/C40H38N4O4/c1-3-27(39(45)46)25-37(41)38(42)26-32(40(47)48)17-18-35-23-31(20-21-43(35)2)28-14-15-30-24-36(19-16-29(30)22-28)44(33-10-6-4-7-11-33)34-12-8-5-9-13-34/h3-17,19-26,35H,18,41-42H2,1-2H3,(H,45,46)(H,47,48)/b27-3+,32-17+,37-25-,38-26-. The summed E-state index contributed by atoms with van der Waals surface area (Å²) in [5.41, 5.74) is 17.1. The van der Waals surface area contributed by atoms with Gasteiger partial charge in [-0.05, 0) is 102 Å². The predicted octanol–water partition coefficient (Wildman–Crippen LogP) is 7.64. The first-order chi connectivity index (χ1) is 23.1. The van der Waals surface area contributed by atoms with Crippen molar-refractivity contribution < 1.29 is 19.8 Å². The topological polar surface area (TPSA) is 133 Å². The van der Waals surface area contributed by atoms with Crippen LogP contribution < -0.4 is 16.4 Å². The molecule has 1 atom stereocenters. The van der Waals surface area contributed by atoms with Gasteiger partial charge in [0, 0.05) is 24.1 Å². The summed E-state index contributed by atoms with van der Waals surface area (Å²) in [4.78, 5) is 27.6. The second-order valence-corrected chi connectivity index (χ2v) is 11.4. The number of carboxylic acids is 2. The lowest BCUT2D eigenvalue weighted by molar-refractivity contribution is -0.133. The molecule has 0 saturated carbocycles. The van der Waals surface area contributed by atoms with Crippen LogP contribution in [0.25, 0.3) is 16.3 Å². The summed E-state index contributed by atoms with van der Waals surface area (Å²) in [5, 5.41) is 21.3. The van der Waals surface area contributed by atoms with Crippen LogP contribution in [0.15, 0.2) is 162 Å². The fourth-order valence-electron chi connectivity index (χ4n) is 5.49. The van der Waals surface area contributed by atoms with Crippen LogP contribution in [0.3, 0.4) is 0 Å². The number of carbonyl (C=O) groups is 2. The lowest BCUT2D eigenvalue weighted by atomic mass is 9.95. The van der Waals surface area contributed by atoms with Gasteiger partial charge in [-0.15, -0.1) is 0 Å². The highest BCUT2D eigenvalue weighted by Crippen LogP contribution is 2.36. The minimum Gasteiger partial charge on any atom is -0.478 e. The number of likely N-dealkylation sites (N-methyl/N-ethyl adjacent to an activating group) is 1. The van der Waals surface area contributed by atoms with Gasteiger partial charge in [-0.3, -0.25) is 0 Å². The first kappa shape index (κ1) is 33.1. The van der Waals surface area contributed by atoms with E-state index in [2.05, 4.69) is 71.6 Å². The zero-order chi connectivity index (χ0) is 34.2. The van der Waals surface area contributed by atoms with Crippen molar-refractivity contribution in [3.8, 4) is 0 Å². The lowest BCUT2D eigenvalue weighted by Crippen LogP contribution is -2.27. The summed E-state index contributed by atoms with van der Waals surface area (Å²) < 4.78 is 0. The fourth-order valence-corrected chi connectivity index (χ4v) is 5.49. The number of carboxylic acid groups (broad SMARTS) is 2. The van der Waals surface area contributed by atoms with Crippen molar-refractivity contribution in [2.45, 2.75) is 19.4 Å². The largest absolute Gasteiger partial charge is 0.478 e. The molecule has 1 heterocycles. The van der Waals surface area contributed by atoms with E-state index in [1.807, 2.05) is 60.6 Å². The molecule has 0 saturated heterocycles. The first-order valence-electron chi connectivity index (χ1n) is 15.5. The van der Waals surface area contributed by atoms with Gasteiger partial charge in [-0.1, -0.05) is 72.8 Å². The van der Waals surface area contributed by atoms with Crippen LogP contribution in [0.4, 0.5) is 17.1 Å². The van der Waals surface area contributed by atoms with Crippen LogP contribution in [0.2, 0.25) is 0 Å². The van der Waals surface area contributed by atoms with Crippen molar-refractivity contribution in [3.63, 3.8) is 0 Å². The third-order valence-corrected chi connectivity index (χ3v) is 8.17. The molecule has 0 spiro atoms. The molecule has 0 radical (unpaired) electrons. The second kappa shape index (κ2) is 14.9. The Balaban J connectivity index is 1.40. The van der Waals surface area contributed by atoms with E-state index in [0.717, 1.165) is 39.0 Å². The molecule has 48 heavy (non-hydrogen) atoms. The van der Waals surface area contributed by atoms with Crippen LogP contribution in [0, 0.1) is 0 Å². The highest BCUT2D eigenvalue weighted by molar-refractivity contribution is 5.93. The molecule has 0 bridgehead atoms. The molecule has 242 valence electrons. The van der Waals surface area contributed by atoms with Gasteiger partial charge < -0.3 is 31.5 Å². The highest BCUT2D eigenvalue weighted by Gasteiger charge is 2.17. The normalized spacial score (nSPS) is 15.8. The summed E-state index contributed by atoms with van der Waals surface area (Å²) in [6.45, 7) is 1.56. The molecule has 4 aromatic rings. The Bertz CT molecular complexity index is 1970. The van der Waals surface area contributed by atoms with Crippen molar-refractivity contribution in [2.24, 2.45) is 11.5 Å². The molecule has 6 N–H and O–H groups in total. The number of allylic oxidation sites excluding steroid dienone is 3. The quantitative estimate of drug-likeness (QED) is 0.0973. The van der Waals surface area contributed by atoms with Crippen LogP contribution >= 0.6 is 0 Å². The zero-order valence-corrected chi connectivity index (χ0v) is 26.8. The number of fused-ring (bicyclic) bond motifs is 1. The number of para-hydroxylation sites is 2. The zero-order valence-electron chi connectivity index (χ0n) is 26.8. The molecule has 1 unspecified atom stereocenters. The molecular formula is C40H38N4O4. The smallest absolute Gasteiger partial charge is 0.335 e. The lowest BCUT2D eigenvalue weighted by Gasteiger charge is -2.28. The summed E-state index contributed by atoms with van der Waals surface area (Å²) in [6, 6.07) is 33.3.